The van der Waals surface area contributed by atoms with E-state index >= 15 is 8.78 Å². The van der Waals surface area contributed by atoms with Crippen LogP contribution in [0.1, 0.15) is 54.0 Å². The van der Waals surface area contributed by atoms with Gasteiger partial charge in [-0.15, -0.1) is 0 Å². The van der Waals surface area contributed by atoms with Crippen molar-refractivity contribution in [2.75, 3.05) is 26.2 Å². The zero-order valence-corrected chi connectivity index (χ0v) is 22.4. The average Bonchev–Trinajstić information content (AvgIpc) is 2.92. The third-order valence-electron chi connectivity index (χ3n) is 8.69. The maximum Gasteiger partial charge on any atom is 0.251 e. The van der Waals surface area contributed by atoms with Crippen LogP contribution in [0.15, 0.2) is 60.7 Å². The van der Waals surface area contributed by atoms with E-state index in [1.165, 1.54) is 17.0 Å². The van der Waals surface area contributed by atoms with Crippen molar-refractivity contribution in [1.29, 1.82) is 0 Å². The Morgan fingerprint density at radius 3 is 2.30 bits per heavy atom. The van der Waals surface area contributed by atoms with E-state index in [-0.39, 0.29) is 24.0 Å². The number of hydrogen-bond acceptors (Lipinski definition) is 4. The number of rotatable bonds is 8. The normalized spacial score (nSPS) is 20.8. The van der Waals surface area contributed by atoms with Crippen LogP contribution < -0.4 is 14.8 Å². The van der Waals surface area contributed by atoms with Gasteiger partial charge in [-0.3, -0.25) is 4.90 Å². The van der Waals surface area contributed by atoms with Crippen molar-refractivity contribution in [1.82, 2.24) is 10.2 Å². The predicted molar refractivity (Wildman–Crippen MR) is 145 cm³/mol. The maximum absolute atomic E-state index is 15.7. The molecular weight excluding hydrogens is 520 g/mol. The first-order valence-corrected chi connectivity index (χ1v) is 14.1. The number of nitrogens with one attached hydrogen (secondary N) is 1. The Balaban J connectivity index is 1.24. The summed E-state index contributed by atoms with van der Waals surface area (Å²) in [6.07, 6.45) is 1.52. The Labute approximate surface area is 232 Å². The lowest BCUT2D eigenvalue weighted by atomic mass is 9.69. The molecule has 3 aromatic rings. The molecule has 2 heterocycles. The van der Waals surface area contributed by atoms with Crippen molar-refractivity contribution >= 4 is 0 Å². The molecule has 212 valence electrons. The molecule has 3 aromatic carbocycles. The second-order valence-electron chi connectivity index (χ2n) is 11.4. The monoisotopic (exact) mass is 554 g/mol. The fraction of sp³-hybridized carbons (Fsp3) is 0.438. The van der Waals surface area contributed by atoms with Crippen molar-refractivity contribution < 1.29 is 27.0 Å². The number of fused-ring (bicyclic) bond motifs is 1. The summed E-state index contributed by atoms with van der Waals surface area (Å²) < 4.78 is 70.4. The summed E-state index contributed by atoms with van der Waals surface area (Å²) >= 11 is 0. The largest absolute Gasteiger partial charge is 0.490 e. The van der Waals surface area contributed by atoms with Gasteiger partial charge >= 0.3 is 0 Å². The van der Waals surface area contributed by atoms with Gasteiger partial charge in [0.25, 0.3) is 6.43 Å². The molecule has 2 fully saturated rings. The van der Waals surface area contributed by atoms with E-state index in [9.17, 15) is 8.78 Å². The molecular formula is C32H34F4N2O2. The second kappa shape index (κ2) is 11.4. The Morgan fingerprint density at radius 2 is 1.65 bits per heavy atom. The number of nitrogens with zero attached hydrogens (tertiary/aromatic N) is 1. The predicted octanol–water partition coefficient (Wildman–Crippen LogP) is 6.67. The van der Waals surface area contributed by atoms with Crippen LogP contribution in [0.2, 0.25) is 0 Å². The third kappa shape index (κ3) is 5.70. The standard InChI is InChI=1S/C32H34F4N2O2/c33-27-15-25(40-23-8-11-32(12-9-23)19-37-20-32)16-28(34)30(27)31-26-7-6-24(39-18-21-4-2-1-3-5-21)14-22(26)10-13-38(31)17-29(35)36/h1-7,14-16,23,29,31,37H,8-13,17-20H2. The first-order chi connectivity index (χ1) is 19.4. The molecule has 1 N–H and O–H groups in total. The molecule has 1 aliphatic carbocycles. The van der Waals surface area contributed by atoms with Gasteiger partial charge in [0.15, 0.2) is 0 Å². The first-order valence-electron chi connectivity index (χ1n) is 14.1. The van der Waals surface area contributed by atoms with Crippen LogP contribution in [0.5, 0.6) is 11.5 Å². The SMILES string of the molecule is Fc1cc(OC2CCC3(CC2)CNC3)cc(F)c1C1c2ccc(OCc3ccccc3)cc2CCN1CC(F)F. The summed E-state index contributed by atoms with van der Waals surface area (Å²) in [5, 5.41) is 3.33. The minimum absolute atomic E-state index is 0.0871. The van der Waals surface area contributed by atoms with Gasteiger partial charge in [-0.1, -0.05) is 36.4 Å². The van der Waals surface area contributed by atoms with Crippen molar-refractivity contribution in [3.8, 4) is 11.5 Å². The first kappa shape index (κ1) is 27.1. The lowest BCUT2D eigenvalue weighted by Crippen LogP contribution is -2.55. The van der Waals surface area contributed by atoms with E-state index in [0.29, 0.717) is 29.8 Å². The van der Waals surface area contributed by atoms with Gasteiger partial charge in [-0.25, -0.2) is 17.6 Å². The summed E-state index contributed by atoms with van der Waals surface area (Å²) in [4.78, 5) is 1.47. The molecule has 0 radical (unpaired) electrons. The summed E-state index contributed by atoms with van der Waals surface area (Å²) in [5.74, 6) is -0.799. The molecule has 3 aliphatic rings. The highest BCUT2D eigenvalue weighted by atomic mass is 19.3. The summed E-state index contributed by atoms with van der Waals surface area (Å²) in [6, 6.07) is 16.5. The highest BCUT2D eigenvalue weighted by Gasteiger charge is 2.41. The topological polar surface area (TPSA) is 33.7 Å². The van der Waals surface area contributed by atoms with Crippen molar-refractivity contribution in [3.63, 3.8) is 0 Å². The molecule has 6 rings (SSSR count). The lowest BCUT2D eigenvalue weighted by molar-refractivity contribution is 0.0417. The van der Waals surface area contributed by atoms with Crippen LogP contribution in [0.3, 0.4) is 0 Å². The molecule has 0 bridgehead atoms. The number of ether oxygens (including phenoxy) is 2. The highest BCUT2D eigenvalue weighted by molar-refractivity contribution is 5.46. The molecule has 40 heavy (non-hydrogen) atoms. The number of benzene rings is 3. The van der Waals surface area contributed by atoms with E-state index in [4.69, 9.17) is 9.47 Å². The van der Waals surface area contributed by atoms with Gasteiger partial charge in [-0.2, -0.15) is 0 Å². The molecule has 0 aromatic heterocycles. The fourth-order valence-electron chi connectivity index (χ4n) is 6.43. The Kier molecular flexibility index (Phi) is 7.73. The van der Waals surface area contributed by atoms with Crippen LogP contribution in [0.4, 0.5) is 17.6 Å². The Morgan fingerprint density at radius 1 is 0.925 bits per heavy atom. The van der Waals surface area contributed by atoms with Gasteiger partial charge in [0.1, 0.15) is 29.7 Å². The van der Waals surface area contributed by atoms with Crippen LogP contribution in [0, 0.1) is 17.0 Å². The summed E-state index contributed by atoms with van der Waals surface area (Å²) in [5.41, 5.74) is 2.59. The van der Waals surface area contributed by atoms with Crippen LogP contribution >= 0.6 is 0 Å². The summed E-state index contributed by atoms with van der Waals surface area (Å²) in [7, 11) is 0. The van der Waals surface area contributed by atoms with Gasteiger partial charge in [0, 0.05) is 37.3 Å². The van der Waals surface area contributed by atoms with E-state index < -0.39 is 30.6 Å². The minimum Gasteiger partial charge on any atom is -0.490 e. The molecule has 1 atom stereocenters. The Hall–Kier alpha value is -3.10. The smallest absolute Gasteiger partial charge is 0.251 e. The van der Waals surface area contributed by atoms with Gasteiger partial charge in [-0.05, 0) is 66.3 Å². The molecule has 2 aliphatic heterocycles. The minimum atomic E-state index is -2.63. The number of halogens is 4. The van der Waals surface area contributed by atoms with E-state index in [1.807, 2.05) is 36.4 Å². The molecule has 1 saturated carbocycles. The van der Waals surface area contributed by atoms with Crippen molar-refractivity contribution in [2.24, 2.45) is 5.41 Å². The zero-order chi connectivity index (χ0) is 27.7. The van der Waals surface area contributed by atoms with Gasteiger partial charge < -0.3 is 14.8 Å². The van der Waals surface area contributed by atoms with Crippen LogP contribution in [-0.4, -0.2) is 43.6 Å². The van der Waals surface area contributed by atoms with Crippen LogP contribution in [-0.2, 0) is 13.0 Å². The Bertz CT molecular complexity index is 1300. The van der Waals surface area contributed by atoms with Crippen molar-refractivity contribution in [2.45, 2.75) is 57.3 Å². The maximum atomic E-state index is 15.7. The fourth-order valence-corrected chi connectivity index (χ4v) is 6.43. The summed E-state index contributed by atoms with van der Waals surface area (Å²) in [6.45, 7) is 2.10. The van der Waals surface area contributed by atoms with Gasteiger partial charge in [0.05, 0.1) is 18.7 Å². The van der Waals surface area contributed by atoms with Crippen LogP contribution in [0.25, 0.3) is 0 Å². The van der Waals surface area contributed by atoms with E-state index in [1.54, 1.807) is 12.1 Å². The third-order valence-corrected chi connectivity index (χ3v) is 8.69. The molecule has 1 unspecified atom stereocenters. The average molecular weight is 555 g/mol. The zero-order valence-electron chi connectivity index (χ0n) is 22.4. The van der Waals surface area contributed by atoms with E-state index in [0.717, 1.165) is 49.9 Å². The molecule has 1 saturated heterocycles. The van der Waals surface area contributed by atoms with E-state index in [2.05, 4.69) is 5.32 Å². The molecule has 0 amide bonds. The van der Waals surface area contributed by atoms with Crippen molar-refractivity contribution in [3.05, 3.63) is 94.6 Å². The second-order valence-corrected chi connectivity index (χ2v) is 11.4. The molecule has 8 heteroatoms. The molecule has 1 spiro atoms. The lowest BCUT2D eigenvalue weighted by Gasteiger charge is -2.47. The highest BCUT2D eigenvalue weighted by Crippen LogP contribution is 2.42. The number of hydrogen-bond donors (Lipinski definition) is 1. The quantitative estimate of drug-likeness (QED) is 0.316. The number of alkyl halides is 2. The van der Waals surface area contributed by atoms with Gasteiger partial charge in [0.2, 0.25) is 0 Å². The molecule has 4 nitrogen and oxygen atoms in total.